The molecule has 5 nitrogen and oxygen atoms in total. The maximum Gasteiger partial charge on any atom is 0.244 e. The number of hydrogen-bond acceptors (Lipinski definition) is 4. The normalized spacial score (nSPS) is 12.2. The number of amides is 1. The van der Waals surface area contributed by atoms with Crippen LogP contribution in [0.5, 0.6) is 11.5 Å². The number of carbonyl (C=O) groups is 1. The van der Waals surface area contributed by atoms with Crippen LogP contribution in [0.1, 0.15) is 12.5 Å². The molecule has 0 saturated carbocycles. The minimum atomic E-state index is -0.181. The van der Waals surface area contributed by atoms with Crippen LogP contribution in [0.25, 0.3) is 6.08 Å². The number of benzene rings is 1. The lowest BCUT2D eigenvalue weighted by molar-refractivity contribution is -0.117. The zero-order chi connectivity index (χ0) is 15.0. The summed E-state index contributed by atoms with van der Waals surface area (Å²) in [5.41, 5.74) is 0.779. The summed E-state index contributed by atoms with van der Waals surface area (Å²) in [6.45, 7) is 2.35. The van der Waals surface area contributed by atoms with Crippen LogP contribution in [-0.2, 0) is 9.53 Å². The van der Waals surface area contributed by atoms with E-state index in [2.05, 4.69) is 5.32 Å². The van der Waals surface area contributed by atoms with Crippen LogP contribution in [0.4, 0.5) is 0 Å². The van der Waals surface area contributed by atoms with E-state index in [4.69, 9.17) is 14.2 Å². The van der Waals surface area contributed by atoms with E-state index in [-0.39, 0.29) is 11.9 Å². The van der Waals surface area contributed by atoms with Gasteiger partial charge in [-0.05, 0) is 31.2 Å². The molecule has 0 aromatic heterocycles. The van der Waals surface area contributed by atoms with Gasteiger partial charge in [-0.3, -0.25) is 4.79 Å². The van der Waals surface area contributed by atoms with Gasteiger partial charge in [0.15, 0.2) is 0 Å². The first-order valence-electron chi connectivity index (χ1n) is 6.30. The van der Waals surface area contributed by atoms with Crippen LogP contribution in [0.15, 0.2) is 24.3 Å². The van der Waals surface area contributed by atoms with E-state index in [1.807, 2.05) is 6.92 Å². The molecular formula is C15H21NO4. The maximum atomic E-state index is 11.7. The summed E-state index contributed by atoms with van der Waals surface area (Å²) in [6.07, 6.45) is 3.15. The molecule has 0 aliphatic heterocycles. The first-order valence-corrected chi connectivity index (χ1v) is 6.30. The summed E-state index contributed by atoms with van der Waals surface area (Å²) in [4.78, 5) is 11.7. The maximum absolute atomic E-state index is 11.7. The number of hydrogen-bond donors (Lipinski definition) is 1. The molecule has 5 heteroatoms. The van der Waals surface area contributed by atoms with Crippen molar-refractivity contribution in [3.8, 4) is 11.5 Å². The van der Waals surface area contributed by atoms with Gasteiger partial charge < -0.3 is 19.5 Å². The number of nitrogens with one attached hydrogen (secondary N) is 1. The largest absolute Gasteiger partial charge is 0.497 e. The van der Waals surface area contributed by atoms with Crippen molar-refractivity contribution < 1.29 is 19.0 Å². The van der Waals surface area contributed by atoms with Crippen molar-refractivity contribution in [1.29, 1.82) is 0 Å². The topological polar surface area (TPSA) is 56.8 Å². The fourth-order valence-electron chi connectivity index (χ4n) is 1.72. The van der Waals surface area contributed by atoms with Gasteiger partial charge in [0.1, 0.15) is 11.5 Å². The zero-order valence-electron chi connectivity index (χ0n) is 12.3. The second-order valence-electron chi connectivity index (χ2n) is 4.31. The van der Waals surface area contributed by atoms with Crippen molar-refractivity contribution in [2.45, 2.75) is 13.0 Å². The van der Waals surface area contributed by atoms with Crippen molar-refractivity contribution in [2.75, 3.05) is 27.9 Å². The summed E-state index contributed by atoms with van der Waals surface area (Å²) in [6, 6.07) is 5.37. The first kappa shape index (κ1) is 16.0. The van der Waals surface area contributed by atoms with E-state index in [9.17, 15) is 4.79 Å². The molecule has 0 saturated heterocycles. The number of ether oxygens (including phenoxy) is 3. The van der Waals surface area contributed by atoms with Crippen molar-refractivity contribution in [3.63, 3.8) is 0 Å². The Morgan fingerprint density at radius 2 is 2.05 bits per heavy atom. The number of rotatable bonds is 7. The van der Waals surface area contributed by atoms with E-state index >= 15 is 0 Å². The Bertz CT molecular complexity index is 471. The average molecular weight is 279 g/mol. The van der Waals surface area contributed by atoms with Gasteiger partial charge in [0.2, 0.25) is 5.91 Å². The smallest absolute Gasteiger partial charge is 0.244 e. The molecule has 1 amide bonds. The molecule has 1 atom stereocenters. The van der Waals surface area contributed by atoms with Gasteiger partial charge >= 0.3 is 0 Å². The predicted octanol–water partition coefficient (Wildman–Crippen LogP) is 1.87. The highest BCUT2D eigenvalue weighted by Gasteiger charge is 2.05. The summed E-state index contributed by atoms with van der Waals surface area (Å²) in [5.74, 6) is 1.21. The molecule has 0 radical (unpaired) electrons. The Morgan fingerprint density at radius 1 is 1.30 bits per heavy atom. The molecule has 20 heavy (non-hydrogen) atoms. The molecule has 1 unspecified atom stereocenters. The summed E-state index contributed by atoms with van der Waals surface area (Å²) >= 11 is 0. The zero-order valence-corrected chi connectivity index (χ0v) is 12.3. The van der Waals surface area contributed by atoms with Crippen molar-refractivity contribution in [3.05, 3.63) is 29.8 Å². The Labute approximate surface area is 119 Å². The average Bonchev–Trinajstić information content (AvgIpc) is 2.44. The molecule has 1 N–H and O–H groups in total. The fraction of sp³-hybridized carbons (Fsp3) is 0.400. The SMILES string of the molecule is COCC(C)NC(=O)C=Cc1cc(OC)ccc1OC. The minimum Gasteiger partial charge on any atom is -0.497 e. The molecule has 110 valence electrons. The lowest BCUT2D eigenvalue weighted by Crippen LogP contribution is -2.34. The van der Waals surface area contributed by atoms with Crippen molar-refractivity contribution in [1.82, 2.24) is 5.32 Å². The summed E-state index contributed by atoms with van der Waals surface area (Å²) in [5, 5.41) is 2.79. The molecule has 0 spiro atoms. The third-order valence-electron chi connectivity index (χ3n) is 2.66. The summed E-state index contributed by atoms with van der Waals surface area (Å²) in [7, 11) is 4.77. The van der Waals surface area contributed by atoms with Crippen LogP contribution < -0.4 is 14.8 Å². The van der Waals surface area contributed by atoms with E-state index in [1.54, 1.807) is 45.6 Å². The lowest BCUT2D eigenvalue weighted by Gasteiger charge is -2.11. The predicted molar refractivity (Wildman–Crippen MR) is 78.1 cm³/mol. The molecule has 0 heterocycles. The fourth-order valence-corrected chi connectivity index (χ4v) is 1.72. The third kappa shape index (κ3) is 4.93. The lowest BCUT2D eigenvalue weighted by atomic mass is 10.1. The molecule has 1 rings (SSSR count). The van der Waals surface area contributed by atoms with E-state index < -0.39 is 0 Å². The van der Waals surface area contributed by atoms with E-state index in [0.717, 1.165) is 5.56 Å². The molecule has 0 aliphatic carbocycles. The van der Waals surface area contributed by atoms with Gasteiger partial charge in [-0.25, -0.2) is 0 Å². The van der Waals surface area contributed by atoms with Crippen molar-refractivity contribution >= 4 is 12.0 Å². The molecule has 0 fully saturated rings. The van der Waals surface area contributed by atoms with Gasteiger partial charge in [0.05, 0.1) is 20.8 Å². The Balaban J connectivity index is 2.75. The highest BCUT2D eigenvalue weighted by Crippen LogP contribution is 2.24. The Hall–Kier alpha value is -2.01. The third-order valence-corrected chi connectivity index (χ3v) is 2.66. The van der Waals surface area contributed by atoms with E-state index in [0.29, 0.717) is 18.1 Å². The van der Waals surface area contributed by atoms with Crippen LogP contribution in [-0.4, -0.2) is 39.9 Å². The van der Waals surface area contributed by atoms with Gasteiger partial charge in [-0.2, -0.15) is 0 Å². The molecule has 1 aromatic rings. The molecule has 1 aromatic carbocycles. The minimum absolute atomic E-state index is 0.0376. The van der Waals surface area contributed by atoms with Crippen LogP contribution in [0, 0.1) is 0 Å². The summed E-state index contributed by atoms with van der Waals surface area (Å²) < 4.78 is 15.3. The molecular weight excluding hydrogens is 258 g/mol. The molecule has 0 bridgehead atoms. The first-order chi connectivity index (χ1) is 9.60. The second-order valence-corrected chi connectivity index (χ2v) is 4.31. The van der Waals surface area contributed by atoms with Gasteiger partial charge in [0, 0.05) is 24.8 Å². The van der Waals surface area contributed by atoms with Gasteiger partial charge in [-0.15, -0.1) is 0 Å². The second kappa shape index (κ2) is 8.22. The Kier molecular flexibility index (Phi) is 6.59. The number of methoxy groups -OCH3 is 3. The number of carbonyl (C=O) groups excluding carboxylic acids is 1. The highest BCUT2D eigenvalue weighted by molar-refractivity contribution is 5.92. The highest BCUT2D eigenvalue weighted by atomic mass is 16.5. The van der Waals surface area contributed by atoms with Crippen LogP contribution >= 0.6 is 0 Å². The monoisotopic (exact) mass is 279 g/mol. The quantitative estimate of drug-likeness (QED) is 0.774. The van der Waals surface area contributed by atoms with Gasteiger partial charge in [-0.1, -0.05) is 0 Å². The molecule has 0 aliphatic rings. The van der Waals surface area contributed by atoms with Crippen LogP contribution in [0.3, 0.4) is 0 Å². The van der Waals surface area contributed by atoms with Gasteiger partial charge in [0.25, 0.3) is 0 Å². The van der Waals surface area contributed by atoms with Crippen molar-refractivity contribution in [2.24, 2.45) is 0 Å². The van der Waals surface area contributed by atoms with Crippen LogP contribution in [0.2, 0.25) is 0 Å². The van der Waals surface area contributed by atoms with E-state index in [1.165, 1.54) is 6.08 Å². The standard InChI is InChI=1S/C15H21NO4/c1-11(10-18-2)16-15(17)8-5-12-9-13(19-3)6-7-14(12)20-4/h5-9,11H,10H2,1-4H3,(H,16,17). The Morgan fingerprint density at radius 3 is 2.65 bits per heavy atom.